The van der Waals surface area contributed by atoms with Crippen LogP contribution in [0, 0.1) is 13.8 Å². The fraction of sp³-hybridized carbons (Fsp3) is 0.583. The van der Waals surface area contributed by atoms with E-state index in [4.69, 9.17) is 4.84 Å². The van der Waals surface area contributed by atoms with E-state index in [1.165, 1.54) is 34.7 Å². The minimum Gasteiger partial charge on any atom is -0.272 e. The van der Waals surface area contributed by atoms with E-state index >= 15 is 0 Å². The van der Waals surface area contributed by atoms with Crippen LogP contribution in [0.1, 0.15) is 30.8 Å². The van der Waals surface area contributed by atoms with Crippen molar-refractivity contribution in [3.05, 3.63) is 27.8 Å². The van der Waals surface area contributed by atoms with Crippen LogP contribution in [0.25, 0.3) is 0 Å². The zero-order valence-electron chi connectivity index (χ0n) is 12.7. The number of aromatic nitrogens is 2. The van der Waals surface area contributed by atoms with Gasteiger partial charge in [-0.1, -0.05) is 0 Å². The fourth-order valence-electron chi connectivity index (χ4n) is 2.17. The Labute approximate surface area is 125 Å². The Bertz CT molecular complexity index is 766. The van der Waals surface area contributed by atoms with Crippen LogP contribution in [0.3, 0.4) is 0 Å². The van der Waals surface area contributed by atoms with Gasteiger partial charge in [-0.3, -0.25) is 15.0 Å². The van der Waals surface area contributed by atoms with Crippen LogP contribution in [0.15, 0.2) is 10.9 Å². The maximum atomic E-state index is 14.6. The molecule has 124 valence electrons. The van der Waals surface area contributed by atoms with E-state index in [9.17, 15) is 21.6 Å². The van der Waals surface area contributed by atoms with Gasteiger partial charge in [-0.2, -0.15) is 13.9 Å². The molecule has 0 saturated carbocycles. The molecule has 0 amide bonds. The van der Waals surface area contributed by atoms with E-state index in [-0.39, 0.29) is 11.4 Å². The zero-order valence-corrected chi connectivity index (χ0v) is 13.5. The minimum absolute atomic E-state index is 0.0229. The summed E-state index contributed by atoms with van der Waals surface area (Å²) in [7, 11) is -3.95. The molecule has 0 aliphatic carbocycles. The number of sulfone groups is 1. The van der Waals surface area contributed by atoms with Crippen molar-refractivity contribution in [3.63, 3.8) is 0 Å². The highest BCUT2D eigenvalue weighted by Crippen LogP contribution is 2.44. The van der Waals surface area contributed by atoms with Gasteiger partial charge in [0, 0.05) is 12.7 Å². The maximum absolute atomic E-state index is 14.6. The second kappa shape index (κ2) is 4.72. The number of rotatable bonds is 3. The average Bonchev–Trinajstić information content (AvgIpc) is 2.77. The maximum Gasteiger partial charge on any atom is 0.380 e. The molecule has 2 rings (SSSR count). The number of hydrogen-bond acceptors (Lipinski definition) is 5. The number of nitrogens with zero attached hydrogens (tertiary/aromatic N) is 2. The molecule has 0 spiro atoms. The van der Waals surface area contributed by atoms with Crippen molar-refractivity contribution >= 4 is 9.84 Å². The third-order valence-electron chi connectivity index (χ3n) is 3.53. The van der Waals surface area contributed by atoms with Gasteiger partial charge in [0.25, 0.3) is 9.84 Å². The molecule has 0 atom stereocenters. The van der Waals surface area contributed by atoms with Crippen LogP contribution in [-0.4, -0.2) is 23.8 Å². The van der Waals surface area contributed by atoms with E-state index in [1.54, 1.807) is 5.48 Å². The van der Waals surface area contributed by atoms with Crippen LogP contribution in [0.4, 0.5) is 13.2 Å². The summed E-state index contributed by atoms with van der Waals surface area (Å²) in [5, 5.41) is -1.83. The van der Waals surface area contributed by atoms with Crippen LogP contribution in [0.2, 0.25) is 0 Å². The first-order chi connectivity index (χ1) is 9.84. The Morgan fingerprint density at radius 3 is 2.23 bits per heavy atom. The number of halogens is 3. The van der Waals surface area contributed by atoms with Gasteiger partial charge in [0.05, 0.1) is 11.3 Å². The van der Waals surface area contributed by atoms with Gasteiger partial charge >= 0.3 is 5.25 Å². The summed E-state index contributed by atoms with van der Waals surface area (Å²) in [6.07, 6.45) is 0. The molecule has 6 nitrogen and oxygen atoms in total. The first-order valence-corrected chi connectivity index (χ1v) is 7.79. The van der Waals surface area contributed by atoms with Crippen molar-refractivity contribution in [2.45, 2.75) is 38.6 Å². The predicted octanol–water partition coefficient (Wildman–Crippen LogP) is 1.95. The first-order valence-electron chi connectivity index (χ1n) is 6.31. The van der Waals surface area contributed by atoms with Crippen molar-refractivity contribution < 1.29 is 26.4 Å². The Hall–Kier alpha value is -1.55. The monoisotopic (exact) mass is 339 g/mol. The largest absolute Gasteiger partial charge is 0.380 e. The Morgan fingerprint density at radius 2 is 1.86 bits per heavy atom. The molecule has 10 heteroatoms. The van der Waals surface area contributed by atoms with Crippen LogP contribution >= 0.6 is 0 Å². The number of hydroxylamine groups is 1. The van der Waals surface area contributed by atoms with Crippen LogP contribution in [-0.2, 0) is 27.0 Å². The lowest BCUT2D eigenvalue weighted by molar-refractivity contribution is -0.0275. The van der Waals surface area contributed by atoms with E-state index < -0.39 is 37.1 Å². The molecule has 0 unspecified atom stereocenters. The molecule has 0 aromatic carbocycles. The highest BCUT2D eigenvalue weighted by atomic mass is 32.2. The topological polar surface area (TPSA) is 73.2 Å². The van der Waals surface area contributed by atoms with Crippen molar-refractivity contribution in [1.29, 1.82) is 0 Å². The molecule has 0 bridgehead atoms. The molecule has 1 N–H and O–H groups in total. The molecule has 1 aromatic heterocycles. The van der Waals surface area contributed by atoms with Crippen molar-refractivity contribution in [2.75, 3.05) is 0 Å². The molecular formula is C12H16F3N3O3S. The zero-order chi connectivity index (χ0) is 17.1. The lowest BCUT2D eigenvalue weighted by Gasteiger charge is -2.18. The van der Waals surface area contributed by atoms with Crippen molar-refractivity contribution in [3.8, 4) is 0 Å². The Balaban J connectivity index is 2.66. The lowest BCUT2D eigenvalue weighted by atomic mass is 10.1. The van der Waals surface area contributed by atoms with Gasteiger partial charge in [0.2, 0.25) is 0 Å². The van der Waals surface area contributed by atoms with Gasteiger partial charge in [-0.25, -0.2) is 12.8 Å². The highest BCUT2D eigenvalue weighted by Gasteiger charge is 2.56. The third kappa shape index (κ3) is 2.12. The molecule has 1 aliphatic heterocycles. The standard InChI is InChI=1S/C12H16F3N3O3S/c1-6-8(7(2)18(5)16-6)12(14,15)22(19,20)10-9(13)11(3,4)21-17-10/h17H,1-5H3. The quantitative estimate of drug-likeness (QED) is 0.911. The van der Waals surface area contributed by atoms with Gasteiger partial charge in [0.1, 0.15) is 5.60 Å². The Kier molecular flexibility index (Phi) is 3.61. The summed E-state index contributed by atoms with van der Waals surface area (Å²) in [5.41, 5.74) is -0.804. The number of aryl methyl sites for hydroxylation is 2. The molecule has 1 aromatic rings. The van der Waals surface area contributed by atoms with Gasteiger partial charge < -0.3 is 0 Å². The smallest absolute Gasteiger partial charge is 0.272 e. The highest BCUT2D eigenvalue weighted by molar-refractivity contribution is 7.95. The lowest BCUT2D eigenvalue weighted by Crippen LogP contribution is -2.32. The molecule has 22 heavy (non-hydrogen) atoms. The fourth-order valence-corrected chi connectivity index (χ4v) is 3.62. The number of nitrogens with one attached hydrogen (secondary N) is 1. The van der Waals surface area contributed by atoms with Gasteiger partial charge in [-0.05, 0) is 27.7 Å². The molecule has 0 saturated heterocycles. The van der Waals surface area contributed by atoms with Gasteiger partial charge in [0.15, 0.2) is 10.9 Å². The predicted molar refractivity (Wildman–Crippen MR) is 71.9 cm³/mol. The molecular weight excluding hydrogens is 323 g/mol. The van der Waals surface area contributed by atoms with Crippen LogP contribution in [0.5, 0.6) is 0 Å². The third-order valence-corrected chi connectivity index (χ3v) is 5.21. The number of hydrogen-bond donors (Lipinski definition) is 1. The van der Waals surface area contributed by atoms with Crippen molar-refractivity contribution in [2.24, 2.45) is 7.05 Å². The first kappa shape index (κ1) is 16.8. The summed E-state index contributed by atoms with van der Waals surface area (Å²) < 4.78 is 68.9. The van der Waals surface area contributed by atoms with Crippen molar-refractivity contribution in [1.82, 2.24) is 15.3 Å². The van der Waals surface area contributed by atoms with E-state index in [0.717, 1.165) is 4.68 Å². The molecule has 2 heterocycles. The summed E-state index contributed by atoms with van der Waals surface area (Å²) in [6, 6.07) is 0. The Morgan fingerprint density at radius 1 is 1.32 bits per heavy atom. The second-order valence-corrected chi connectivity index (χ2v) is 7.48. The van der Waals surface area contributed by atoms with E-state index in [0.29, 0.717) is 0 Å². The SMILES string of the molecule is Cc1nn(C)c(C)c1C(F)(F)S(=O)(=O)C1=C(F)C(C)(C)ON1. The summed E-state index contributed by atoms with van der Waals surface area (Å²) in [5.74, 6) is -1.30. The minimum atomic E-state index is -5.36. The van der Waals surface area contributed by atoms with E-state index in [1.807, 2.05) is 0 Å². The van der Waals surface area contributed by atoms with Crippen LogP contribution < -0.4 is 5.48 Å². The summed E-state index contributed by atoms with van der Waals surface area (Å²) >= 11 is 0. The van der Waals surface area contributed by atoms with E-state index in [2.05, 4.69) is 5.10 Å². The molecule has 0 fully saturated rings. The molecule has 0 radical (unpaired) electrons. The average molecular weight is 339 g/mol. The molecule has 1 aliphatic rings. The second-order valence-electron chi connectivity index (χ2n) is 5.55. The summed E-state index contributed by atoms with van der Waals surface area (Å²) in [6.45, 7) is 5.01. The summed E-state index contributed by atoms with van der Waals surface area (Å²) in [4.78, 5) is 4.72. The number of alkyl halides is 2. The van der Waals surface area contributed by atoms with Gasteiger partial charge in [-0.15, -0.1) is 0 Å². The normalized spacial score (nSPS) is 18.7.